The van der Waals surface area contributed by atoms with Gasteiger partial charge in [-0.15, -0.1) is 0 Å². The highest BCUT2D eigenvalue weighted by Crippen LogP contribution is 2.21. The van der Waals surface area contributed by atoms with E-state index in [1.54, 1.807) is 24.3 Å². The first kappa shape index (κ1) is 31.4. The third-order valence-electron chi connectivity index (χ3n) is 6.25. The average molecular weight is 625 g/mol. The molecule has 0 fully saturated rings. The smallest absolute Gasteiger partial charge is 0.233 e. The number of hydrogen-bond donors (Lipinski definition) is 10. The quantitative estimate of drug-likeness (QED) is 0.0709. The fraction of sp³-hybridized carbons (Fsp3) is 0.200. The lowest BCUT2D eigenvalue weighted by Crippen LogP contribution is -2.14. The molecule has 0 spiro atoms. The Kier molecular flexibility index (Phi) is 10.7. The summed E-state index contributed by atoms with van der Waals surface area (Å²) in [6, 6.07) is 22.4. The van der Waals surface area contributed by atoms with Crippen molar-refractivity contribution >= 4 is 64.1 Å². The van der Waals surface area contributed by atoms with Crippen molar-refractivity contribution in [2.75, 3.05) is 76.2 Å². The Hall–Kier alpha value is -6.00. The van der Waals surface area contributed by atoms with Crippen LogP contribution in [0.5, 0.6) is 0 Å². The lowest BCUT2D eigenvalue weighted by molar-refractivity contribution is 0.310. The van der Waals surface area contributed by atoms with E-state index in [2.05, 4.69) is 61.8 Å². The number of nitrogens with zero attached hydrogens (tertiary/aromatic N) is 6. The zero-order valence-electron chi connectivity index (χ0n) is 24.9. The van der Waals surface area contributed by atoms with E-state index in [1.807, 2.05) is 48.5 Å². The Morgan fingerprint density at radius 2 is 0.891 bits per heavy atom. The number of aliphatic hydroxyl groups is 2. The second-order valence-electron chi connectivity index (χ2n) is 9.91. The van der Waals surface area contributed by atoms with Crippen LogP contribution in [0.25, 0.3) is 0 Å². The van der Waals surface area contributed by atoms with Crippen LogP contribution in [-0.2, 0) is 6.42 Å². The van der Waals surface area contributed by atoms with Crippen LogP contribution in [0.4, 0.5) is 64.1 Å². The van der Waals surface area contributed by atoms with Gasteiger partial charge < -0.3 is 53.6 Å². The van der Waals surface area contributed by atoms with E-state index in [0.29, 0.717) is 66.6 Å². The van der Waals surface area contributed by atoms with Gasteiger partial charge in [0, 0.05) is 48.1 Å². The minimum atomic E-state index is -0.0703. The molecule has 238 valence electrons. The highest BCUT2D eigenvalue weighted by molar-refractivity contribution is 5.63. The van der Waals surface area contributed by atoms with Crippen LogP contribution in [0, 0.1) is 0 Å². The molecule has 5 aromatic rings. The van der Waals surface area contributed by atoms with Crippen LogP contribution >= 0.6 is 0 Å². The van der Waals surface area contributed by atoms with Gasteiger partial charge in [0.2, 0.25) is 35.7 Å². The molecule has 5 rings (SSSR count). The van der Waals surface area contributed by atoms with Crippen molar-refractivity contribution in [3.8, 4) is 0 Å². The molecular weight excluding hydrogens is 588 g/mol. The summed E-state index contributed by atoms with van der Waals surface area (Å²) in [4.78, 5) is 26.5. The third kappa shape index (κ3) is 9.50. The average Bonchev–Trinajstić information content (AvgIpc) is 3.03. The summed E-state index contributed by atoms with van der Waals surface area (Å²) in [6.07, 6.45) is 0.693. The fourth-order valence-electron chi connectivity index (χ4n) is 4.19. The van der Waals surface area contributed by atoms with E-state index in [4.69, 9.17) is 11.5 Å². The molecule has 16 heteroatoms. The summed E-state index contributed by atoms with van der Waals surface area (Å²) in [7, 11) is 0. The first-order chi connectivity index (χ1) is 22.4. The molecule has 16 nitrogen and oxygen atoms in total. The summed E-state index contributed by atoms with van der Waals surface area (Å²) >= 11 is 0. The maximum Gasteiger partial charge on any atom is 0.233 e. The number of benzene rings is 3. The SMILES string of the molecule is Nc1cccc(Nc2nc(NCCO)nc(NCCc3ccc(Nc4nc(NCCO)nc(Nc5cccc(N)c5)n4)cc3)n2)c1. The molecule has 0 radical (unpaired) electrons. The zero-order valence-corrected chi connectivity index (χ0v) is 24.9. The van der Waals surface area contributed by atoms with Crippen molar-refractivity contribution in [3.05, 3.63) is 78.4 Å². The van der Waals surface area contributed by atoms with Crippen molar-refractivity contribution in [1.29, 1.82) is 0 Å². The topological polar surface area (TPSA) is 242 Å². The van der Waals surface area contributed by atoms with Gasteiger partial charge in [-0.1, -0.05) is 24.3 Å². The van der Waals surface area contributed by atoms with Gasteiger partial charge in [-0.2, -0.15) is 29.9 Å². The van der Waals surface area contributed by atoms with E-state index in [-0.39, 0.29) is 19.8 Å². The number of nitrogen functional groups attached to an aromatic ring is 2. The molecular formula is C30H36N14O2. The third-order valence-corrected chi connectivity index (χ3v) is 6.25. The molecule has 0 atom stereocenters. The molecule has 0 bridgehead atoms. The van der Waals surface area contributed by atoms with Gasteiger partial charge >= 0.3 is 0 Å². The largest absolute Gasteiger partial charge is 0.399 e. The van der Waals surface area contributed by atoms with Crippen LogP contribution in [0.2, 0.25) is 0 Å². The van der Waals surface area contributed by atoms with Gasteiger partial charge in [0.05, 0.1) is 13.2 Å². The molecule has 0 aliphatic rings. The maximum absolute atomic E-state index is 9.23. The molecule has 46 heavy (non-hydrogen) atoms. The Labute approximate surface area is 265 Å². The summed E-state index contributed by atoms with van der Waals surface area (Å²) in [5.74, 6) is 1.97. The van der Waals surface area contributed by atoms with Gasteiger partial charge in [-0.25, -0.2) is 0 Å². The van der Waals surface area contributed by atoms with Crippen LogP contribution in [0.1, 0.15) is 5.56 Å². The number of aliphatic hydroxyl groups excluding tert-OH is 2. The van der Waals surface area contributed by atoms with E-state index in [9.17, 15) is 10.2 Å². The molecule has 0 saturated heterocycles. The highest BCUT2D eigenvalue weighted by Gasteiger charge is 2.10. The van der Waals surface area contributed by atoms with Crippen LogP contribution in [-0.4, -0.2) is 73.0 Å². The van der Waals surface area contributed by atoms with Gasteiger partial charge in [-0.3, -0.25) is 0 Å². The van der Waals surface area contributed by atoms with E-state index >= 15 is 0 Å². The van der Waals surface area contributed by atoms with Crippen LogP contribution in [0.15, 0.2) is 72.8 Å². The Morgan fingerprint density at radius 3 is 1.35 bits per heavy atom. The minimum absolute atomic E-state index is 0.0619. The van der Waals surface area contributed by atoms with Crippen molar-refractivity contribution in [3.63, 3.8) is 0 Å². The van der Waals surface area contributed by atoms with E-state index in [0.717, 1.165) is 22.6 Å². The Bertz CT molecular complexity index is 1720. The molecule has 0 aliphatic heterocycles. The lowest BCUT2D eigenvalue weighted by Gasteiger charge is -2.12. The number of hydrogen-bond acceptors (Lipinski definition) is 16. The zero-order chi connectivity index (χ0) is 32.1. The molecule has 2 aromatic heterocycles. The second-order valence-corrected chi connectivity index (χ2v) is 9.91. The predicted molar refractivity (Wildman–Crippen MR) is 181 cm³/mol. The maximum atomic E-state index is 9.23. The molecule has 3 aromatic carbocycles. The van der Waals surface area contributed by atoms with Crippen LogP contribution in [0.3, 0.4) is 0 Å². The number of nitrogens with one attached hydrogen (secondary N) is 6. The van der Waals surface area contributed by atoms with Crippen molar-refractivity contribution < 1.29 is 10.2 Å². The summed E-state index contributed by atoms with van der Waals surface area (Å²) in [5.41, 5.74) is 16.3. The Morgan fingerprint density at radius 1 is 0.478 bits per heavy atom. The summed E-state index contributed by atoms with van der Waals surface area (Å²) in [6.45, 7) is 1.01. The molecule has 12 N–H and O–H groups in total. The molecule has 0 amide bonds. The van der Waals surface area contributed by atoms with Crippen molar-refractivity contribution in [1.82, 2.24) is 29.9 Å². The number of nitrogens with two attached hydrogens (primary N) is 2. The first-order valence-corrected chi connectivity index (χ1v) is 14.5. The Balaban J connectivity index is 1.21. The summed E-state index contributed by atoms with van der Waals surface area (Å²) < 4.78 is 0. The highest BCUT2D eigenvalue weighted by atomic mass is 16.3. The van der Waals surface area contributed by atoms with Crippen molar-refractivity contribution in [2.24, 2.45) is 0 Å². The fourth-order valence-corrected chi connectivity index (χ4v) is 4.19. The molecule has 0 saturated carbocycles. The number of anilines is 11. The molecule has 0 unspecified atom stereocenters. The van der Waals surface area contributed by atoms with Gasteiger partial charge in [0.25, 0.3) is 0 Å². The lowest BCUT2D eigenvalue weighted by atomic mass is 10.1. The van der Waals surface area contributed by atoms with Crippen LogP contribution < -0.4 is 43.4 Å². The number of rotatable bonds is 16. The predicted octanol–water partition coefficient (Wildman–Crippen LogP) is 2.91. The summed E-state index contributed by atoms with van der Waals surface area (Å²) in [5, 5.41) is 37.1. The van der Waals surface area contributed by atoms with Gasteiger partial charge in [0.1, 0.15) is 0 Å². The van der Waals surface area contributed by atoms with E-state index < -0.39 is 0 Å². The molecule has 0 aliphatic carbocycles. The molecule has 2 heterocycles. The standard InChI is InChI=1S/C30H36N14O2/c31-20-3-1-5-23(17-20)37-29-40-25(39-26(41-29)34-13-15-45)33-12-11-19-7-9-22(10-8-19)36-28-42-27(35-14-16-46)43-30(44-28)38-24-6-2-4-21(32)18-24/h1-10,17-18,45-46H,11-16,31-32H2,(H3,33,34,37,39,40,41)(H3,35,36,38,42,43,44). The van der Waals surface area contributed by atoms with E-state index in [1.165, 1.54) is 0 Å². The minimum Gasteiger partial charge on any atom is -0.399 e. The van der Waals surface area contributed by atoms with Gasteiger partial charge in [-0.05, 0) is 60.5 Å². The van der Waals surface area contributed by atoms with Crippen molar-refractivity contribution in [2.45, 2.75) is 6.42 Å². The normalized spacial score (nSPS) is 10.7. The number of aromatic nitrogens is 6. The monoisotopic (exact) mass is 624 g/mol. The first-order valence-electron chi connectivity index (χ1n) is 14.5. The van der Waals surface area contributed by atoms with Gasteiger partial charge in [0.15, 0.2) is 0 Å². The second kappa shape index (κ2) is 15.6.